The Bertz CT molecular complexity index is 377. The van der Waals surface area contributed by atoms with Gasteiger partial charge in [-0.25, -0.2) is 0 Å². The number of carboxylic acid groups (broad SMARTS) is 1. The molecular formula is C12H18N2O2. The van der Waals surface area contributed by atoms with Crippen molar-refractivity contribution in [1.82, 2.24) is 0 Å². The van der Waals surface area contributed by atoms with Crippen molar-refractivity contribution in [3.8, 4) is 0 Å². The summed E-state index contributed by atoms with van der Waals surface area (Å²) in [5, 5.41) is 8.83. The van der Waals surface area contributed by atoms with Gasteiger partial charge in [-0.05, 0) is 25.5 Å². The Hall–Kier alpha value is -1.55. The molecule has 1 aromatic carbocycles. The zero-order chi connectivity index (χ0) is 12.1. The van der Waals surface area contributed by atoms with Crippen LogP contribution in [0.4, 0.5) is 5.69 Å². The Balaban J connectivity index is 2.95. The monoisotopic (exact) mass is 222 g/mol. The Morgan fingerprint density at radius 3 is 2.62 bits per heavy atom. The fourth-order valence-electron chi connectivity index (χ4n) is 1.76. The predicted octanol–water partition coefficient (Wildman–Crippen LogP) is 1.15. The minimum Gasteiger partial charge on any atom is -0.480 e. The third-order valence-electron chi connectivity index (χ3n) is 2.42. The molecule has 0 bridgehead atoms. The van der Waals surface area contributed by atoms with Gasteiger partial charge in [-0.1, -0.05) is 17.7 Å². The highest BCUT2D eigenvalue weighted by Crippen LogP contribution is 2.20. The largest absolute Gasteiger partial charge is 0.480 e. The number of anilines is 1. The van der Waals surface area contributed by atoms with Crippen molar-refractivity contribution < 1.29 is 9.90 Å². The Morgan fingerprint density at radius 2 is 2.12 bits per heavy atom. The molecule has 16 heavy (non-hydrogen) atoms. The number of nitrogens with zero attached hydrogens (tertiary/aromatic N) is 1. The van der Waals surface area contributed by atoms with Crippen LogP contribution in [0.2, 0.25) is 0 Å². The van der Waals surface area contributed by atoms with Crippen molar-refractivity contribution in [2.75, 3.05) is 24.5 Å². The van der Waals surface area contributed by atoms with Crippen LogP contribution in [0.25, 0.3) is 0 Å². The molecule has 0 aromatic heterocycles. The van der Waals surface area contributed by atoms with E-state index in [9.17, 15) is 4.79 Å². The van der Waals surface area contributed by atoms with Gasteiger partial charge in [-0.3, -0.25) is 4.79 Å². The molecule has 0 radical (unpaired) electrons. The molecule has 0 unspecified atom stereocenters. The molecule has 4 nitrogen and oxygen atoms in total. The van der Waals surface area contributed by atoms with Gasteiger partial charge in [0.25, 0.3) is 0 Å². The van der Waals surface area contributed by atoms with Gasteiger partial charge in [-0.15, -0.1) is 0 Å². The average molecular weight is 222 g/mol. The predicted molar refractivity (Wildman–Crippen MR) is 64.8 cm³/mol. The van der Waals surface area contributed by atoms with E-state index in [0.29, 0.717) is 13.1 Å². The minimum absolute atomic E-state index is 0.0128. The topological polar surface area (TPSA) is 66.6 Å². The van der Waals surface area contributed by atoms with E-state index in [1.807, 2.05) is 32.0 Å². The summed E-state index contributed by atoms with van der Waals surface area (Å²) in [6.45, 7) is 4.98. The van der Waals surface area contributed by atoms with Crippen LogP contribution in [-0.4, -0.2) is 30.7 Å². The van der Waals surface area contributed by atoms with Gasteiger partial charge < -0.3 is 15.7 Å². The first kappa shape index (κ1) is 12.5. The Labute approximate surface area is 95.7 Å². The van der Waals surface area contributed by atoms with Crippen molar-refractivity contribution in [2.24, 2.45) is 5.73 Å². The molecule has 3 N–H and O–H groups in total. The molecule has 1 aromatic rings. The maximum atomic E-state index is 10.8. The first-order chi connectivity index (χ1) is 7.54. The summed E-state index contributed by atoms with van der Waals surface area (Å²) in [7, 11) is 0. The number of rotatable bonds is 5. The maximum absolute atomic E-state index is 10.8. The van der Waals surface area contributed by atoms with E-state index < -0.39 is 5.97 Å². The molecule has 0 saturated heterocycles. The van der Waals surface area contributed by atoms with Crippen molar-refractivity contribution >= 4 is 11.7 Å². The van der Waals surface area contributed by atoms with Crippen LogP contribution < -0.4 is 10.6 Å². The van der Waals surface area contributed by atoms with E-state index in [1.165, 1.54) is 5.56 Å². The number of benzene rings is 1. The van der Waals surface area contributed by atoms with Crippen LogP contribution in [0.3, 0.4) is 0 Å². The lowest BCUT2D eigenvalue weighted by Gasteiger charge is -2.24. The lowest BCUT2D eigenvalue weighted by atomic mass is 10.1. The van der Waals surface area contributed by atoms with Gasteiger partial charge in [0.1, 0.15) is 6.54 Å². The molecule has 0 aliphatic heterocycles. The molecule has 0 aliphatic rings. The van der Waals surface area contributed by atoms with Crippen LogP contribution in [-0.2, 0) is 4.79 Å². The number of nitrogens with two attached hydrogens (primary N) is 1. The Morgan fingerprint density at radius 1 is 1.44 bits per heavy atom. The third-order valence-corrected chi connectivity index (χ3v) is 2.42. The molecule has 0 heterocycles. The van der Waals surface area contributed by atoms with Crippen LogP contribution in [0.15, 0.2) is 18.2 Å². The quantitative estimate of drug-likeness (QED) is 0.784. The maximum Gasteiger partial charge on any atom is 0.323 e. The molecule has 0 spiro atoms. The van der Waals surface area contributed by atoms with Gasteiger partial charge in [0.2, 0.25) is 0 Å². The molecule has 0 saturated carbocycles. The first-order valence-corrected chi connectivity index (χ1v) is 5.28. The third kappa shape index (κ3) is 3.24. The highest BCUT2D eigenvalue weighted by Gasteiger charge is 2.11. The number of carbonyl (C=O) groups is 1. The summed E-state index contributed by atoms with van der Waals surface area (Å²) < 4.78 is 0. The summed E-state index contributed by atoms with van der Waals surface area (Å²) in [6.07, 6.45) is 0. The van der Waals surface area contributed by atoms with Crippen LogP contribution in [0.5, 0.6) is 0 Å². The molecular weight excluding hydrogens is 204 g/mol. The van der Waals surface area contributed by atoms with Gasteiger partial charge in [0.15, 0.2) is 0 Å². The van der Waals surface area contributed by atoms with Gasteiger partial charge >= 0.3 is 5.97 Å². The van der Waals surface area contributed by atoms with Crippen LogP contribution >= 0.6 is 0 Å². The lowest BCUT2D eigenvalue weighted by molar-refractivity contribution is -0.135. The number of aryl methyl sites for hydroxylation is 2. The second-order valence-corrected chi connectivity index (χ2v) is 3.89. The van der Waals surface area contributed by atoms with Crippen molar-refractivity contribution in [3.05, 3.63) is 29.3 Å². The number of hydrogen-bond acceptors (Lipinski definition) is 3. The minimum atomic E-state index is -0.839. The molecule has 1 rings (SSSR count). The number of hydrogen-bond donors (Lipinski definition) is 2. The van der Waals surface area contributed by atoms with E-state index in [1.54, 1.807) is 4.90 Å². The van der Waals surface area contributed by atoms with E-state index in [-0.39, 0.29) is 6.54 Å². The summed E-state index contributed by atoms with van der Waals surface area (Å²) in [6, 6.07) is 5.97. The molecule has 0 atom stereocenters. The highest BCUT2D eigenvalue weighted by atomic mass is 16.4. The van der Waals surface area contributed by atoms with E-state index in [2.05, 4.69) is 0 Å². The molecule has 4 heteroatoms. The smallest absolute Gasteiger partial charge is 0.323 e. The molecule has 0 amide bonds. The lowest BCUT2D eigenvalue weighted by Crippen LogP contribution is -2.34. The fourth-order valence-corrected chi connectivity index (χ4v) is 1.76. The number of aliphatic carboxylic acids is 1. The fraction of sp³-hybridized carbons (Fsp3) is 0.417. The van der Waals surface area contributed by atoms with Crippen LogP contribution in [0.1, 0.15) is 11.1 Å². The Kier molecular flexibility index (Phi) is 4.31. The standard InChI is InChI=1S/C12H18N2O2/c1-9-3-4-11(10(2)7-9)14(6-5-13)8-12(15)16/h3-4,7H,5-6,8,13H2,1-2H3,(H,15,16). The van der Waals surface area contributed by atoms with Crippen molar-refractivity contribution in [3.63, 3.8) is 0 Å². The first-order valence-electron chi connectivity index (χ1n) is 5.28. The molecule has 0 aliphatic carbocycles. The van der Waals surface area contributed by atoms with Gasteiger partial charge in [-0.2, -0.15) is 0 Å². The second kappa shape index (κ2) is 5.51. The van der Waals surface area contributed by atoms with Crippen molar-refractivity contribution in [2.45, 2.75) is 13.8 Å². The SMILES string of the molecule is Cc1ccc(N(CCN)CC(=O)O)c(C)c1. The second-order valence-electron chi connectivity index (χ2n) is 3.89. The summed E-state index contributed by atoms with van der Waals surface area (Å²) in [4.78, 5) is 12.5. The summed E-state index contributed by atoms with van der Waals surface area (Å²) >= 11 is 0. The normalized spacial score (nSPS) is 10.2. The zero-order valence-corrected chi connectivity index (χ0v) is 9.73. The van der Waals surface area contributed by atoms with Crippen molar-refractivity contribution in [1.29, 1.82) is 0 Å². The molecule has 88 valence electrons. The average Bonchev–Trinajstić information content (AvgIpc) is 2.16. The van der Waals surface area contributed by atoms with Crippen LogP contribution in [0, 0.1) is 13.8 Å². The van der Waals surface area contributed by atoms with Gasteiger partial charge in [0.05, 0.1) is 0 Å². The summed E-state index contributed by atoms with van der Waals surface area (Å²) in [5.41, 5.74) is 8.68. The van der Waals surface area contributed by atoms with E-state index in [0.717, 1.165) is 11.3 Å². The highest BCUT2D eigenvalue weighted by molar-refractivity contribution is 5.74. The van der Waals surface area contributed by atoms with E-state index in [4.69, 9.17) is 10.8 Å². The van der Waals surface area contributed by atoms with Gasteiger partial charge in [0, 0.05) is 18.8 Å². The van der Waals surface area contributed by atoms with E-state index >= 15 is 0 Å². The summed E-state index contributed by atoms with van der Waals surface area (Å²) in [5.74, 6) is -0.839. The molecule has 0 fully saturated rings. The number of carboxylic acids is 1. The zero-order valence-electron chi connectivity index (χ0n) is 9.73.